The van der Waals surface area contributed by atoms with Crippen molar-refractivity contribution in [2.75, 3.05) is 0 Å². The maximum absolute atomic E-state index is 11.2. The third-order valence-corrected chi connectivity index (χ3v) is 3.18. The van der Waals surface area contributed by atoms with Crippen molar-refractivity contribution < 1.29 is 8.42 Å². The fraction of sp³-hybridized carbons (Fsp3) is 0. The zero-order chi connectivity index (χ0) is 12.8. The topological polar surface area (TPSA) is 132 Å². The molecule has 0 radical (unpaired) electrons. The lowest BCUT2D eigenvalue weighted by molar-refractivity contribution is 0.598. The first-order valence-corrected chi connectivity index (χ1v) is 6.32. The van der Waals surface area contributed by atoms with Gasteiger partial charge in [0.05, 0.1) is 18.7 Å². The number of fused-ring (bicyclic) bond motifs is 1. The molecule has 0 unspecified atom stereocenters. The first-order valence-electron chi connectivity index (χ1n) is 4.77. The lowest BCUT2D eigenvalue weighted by atomic mass is 10.5. The van der Waals surface area contributed by atoms with Crippen LogP contribution < -0.4 is 5.14 Å². The molecule has 9 nitrogen and oxygen atoms in total. The zero-order valence-electron chi connectivity index (χ0n) is 8.85. The summed E-state index contributed by atoms with van der Waals surface area (Å²) in [4.78, 5) is 14.7. The highest BCUT2D eigenvalue weighted by atomic mass is 32.2. The SMILES string of the molecule is NS(=O)(=O)c1cnn(-c2ncnc3nc[nH]c23)c1. The summed E-state index contributed by atoms with van der Waals surface area (Å²) < 4.78 is 23.6. The number of H-pyrrole nitrogens is 1. The Balaban J connectivity index is 2.21. The van der Waals surface area contributed by atoms with Gasteiger partial charge in [-0.1, -0.05) is 0 Å². The highest BCUT2D eigenvalue weighted by molar-refractivity contribution is 7.89. The maximum atomic E-state index is 11.2. The van der Waals surface area contributed by atoms with Gasteiger partial charge < -0.3 is 4.98 Å². The second kappa shape index (κ2) is 3.58. The van der Waals surface area contributed by atoms with Gasteiger partial charge in [0, 0.05) is 0 Å². The summed E-state index contributed by atoms with van der Waals surface area (Å²) in [7, 11) is -3.78. The molecule has 0 atom stereocenters. The molecule has 0 bridgehead atoms. The monoisotopic (exact) mass is 265 g/mol. The second-order valence-corrected chi connectivity index (χ2v) is 5.03. The molecule has 3 aromatic rings. The van der Waals surface area contributed by atoms with Crippen molar-refractivity contribution in [3.05, 3.63) is 25.0 Å². The van der Waals surface area contributed by atoms with E-state index in [0.29, 0.717) is 17.0 Å². The van der Waals surface area contributed by atoms with E-state index >= 15 is 0 Å². The lowest BCUT2D eigenvalue weighted by Crippen LogP contribution is -2.11. The molecular weight excluding hydrogens is 258 g/mol. The predicted molar refractivity (Wildman–Crippen MR) is 60.2 cm³/mol. The number of nitrogens with one attached hydrogen (secondary N) is 1. The molecule has 3 rings (SSSR count). The molecule has 0 spiro atoms. The van der Waals surface area contributed by atoms with E-state index in [-0.39, 0.29) is 4.90 Å². The minimum atomic E-state index is -3.78. The van der Waals surface area contributed by atoms with E-state index in [1.165, 1.54) is 23.5 Å². The zero-order valence-corrected chi connectivity index (χ0v) is 9.66. The number of nitrogens with two attached hydrogens (primary N) is 1. The standard InChI is InChI=1S/C8H7N7O2S/c9-18(16,17)5-1-14-15(2-5)8-6-7(11-3-10-6)12-4-13-8/h1-4H,(H2,9,16,17)(H,10,11,12,13). The molecule has 92 valence electrons. The number of hydrogen-bond acceptors (Lipinski definition) is 6. The maximum Gasteiger partial charge on any atom is 0.241 e. The van der Waals surface area contributed by atoms with E-state index in [1.807, 2.05) is 0 Å². The minimum absolute atomic E-state index is 0.0891. The van der Waals surface area contributed by atoms with Crippen LogP contribution in [0.15, 0.2) is 29.9 Å². The van der Waals surface area contributed by atoms with E-state index in [9.17, 15) is 8.42 Å². The lowest BCUT2D eigenvalue weighted by Gasteiger charge is -1.99. The molecule has 0 aromatic carbocycles. The van der Waals surface area contributed by atoms with Crippen LogP contribution in [0.3, 0.4) is 0 Å². The van der Waals surface area contributed by atoms with Crippen molar-refractivity contribution in [1.29, 1.82) is 0 Å². The van der Waals surface area contributed by atoms with Crippen LogP contribution in [0.5, 0.6) is 0 Å². The van der Waals surface area contributed by atoms with Gasteiger partial charge in [0.15, 0.2) is 11.5 Å². The van der Waals surface area contributed by atoms with Crippen LogP contribution in [0, 0.1) is 0 Å². The Morgan fingerprint density at radius 1 is 1.28 bits per heavy atom. The summed E-state index contributed by atoms with van der Waals surface area (Å²) in [5.41, 5.74) is 1.02. The normalized spacial score (nSPS) is 12.1. The highest BCUT2D eigenvalue weighted by Crippen LogP contribution is 2.15. The minimum Gasteiger partial charge on any atom is -0.340 e. The Bertz CT molecular complexity index is 819. The van der Waals surface area contributed by atoms with Gasteiger partial charge in [0.1, 0.15) is 16.7 Å². The van der Waals surface area contributed by atoms with E-state index in [4.69, 9.17) is 5.14 Å². The van der Waals surface area contributed by atoms with E-state index in [0.717, 1.165) is 6.20 Å². The summed E-state index contributed by atoms with van der Waals surface area (Å²) >= 11 is 0. The average molecular weight is 265 g/mol. The summed E-state index contributed by atoms with van der Waals surface area (Å²) in [6, 6.07) is 0. The van der Waals surface area contributed by atoms with Crippen LogP contribution in [0.4, 0.5) is 0 Å². The van der Waals surface area contributed by atoms with Gasteiger partial charge in [0.2, 0.25) is 10.0 Å². The van der Waals surface area contributed by atoms with Crippen molar-refractivity contribution in [3.63, 3.8) is 0 Å². The summed E-state index contributed by atoms with van der Waals surface area (Å²) in [6.45, 7) is 0. The van der Waals surface area contributed by atoms with Crippen molar-refractivity contribution in [3.8, 4) is 5.82 Å². The van der Waals surface area contributed by atoms with Crippen molar-refractivity contribution >= 4 is 21.2 Å². The van der Waals surface area contributed by atoms with E-state index in [1.54, 1.807) is 0 Å². The third-order valence-electron chi connectivity index (χ3n) is 2.31. The Labute approximate surface area is 101 Å². The molecule has 3 N–H and O–H groups in total. The van der Waals surface area contributed by atoms with Crippen molar-refractivity contribution in [2.24, 2.45) is 5.14 Å². The Morgan fingerprint density at radius 3 is 2.83 bits per heavy atom. The molecule has 0 saturated carbocycles. The van der Waals surface area contributed by atoms with Gasteiger partial charge in [-0.2, -0.15) is 5.10 Å². The number of aromatic amines is 1. The molecule has 0 aliphatic rings. The van der Waals surface area contributed by atoms with Crippen molar-refractivity contribution in [2.45, 2.75) is 4.90 Å². The van der Waals surface area contributed by atoms with Crippen molar-refractivity contribution in [1.82, 2.24) is 29.7 Å². The molecular formula is C8H7N7O2S. The highest BCUT2D eigenvalue weighted by Gasteiger charge is 2.14. The largest absolute Gasteiger partial charge is 0.340 e. The molecule has 3 aromatic heterocycles. The summed E-state index contributed by atoms with van der Waals surface area (Å²) in [5.74, 6) is 0.396. The molecule has 0 fully saturated rings. The number of imidazole rings is 1. The molecule has 0 aliphatic carbocycles. The van der Waals surface area contributed by atoms with Crippen LogP contribution >= 0.6 is 0 Å². The quantitative estimate of drug-likeness (QED) is 0.622. The Hall–Kier alpha value is -2.33. The number of rotatable bonds is 2. The average Bonchev–Trinajstić information content (AvgIpc) is 2.96. The van der Waals surface area contributed by atoms with Gasteiger partial charge in [-0.05, 0) is 0 Å². The van der Waals surface area contributed by atoms with Gasteiger partial charge >= 0.3 is 0 Å². The Morgan fingerprint density at radius 2 is 2.11 bits per heavy atom. The van der Waals surface area contributed by atoms with Gasteiger partial charge in [-0.3, -0.25) is 0 Å². The Kier molecular flexibility index (Phi) is 2.15. The van der Waals surface area contributed by atoms with Gasteiger partial charge in [0.25, 0.3) is 0 Å². The fourth-order valence-corrected chi connectivity index (χ4v) is 1.94. The third kappa shape index (κ3) is 1.63. The summed E-state index contributed by atoms with van der Waals surface area (Å²) in [5, 5.41) is 8.91. The number of nitrogens with zero attached hydrogens (tertiary/aromatic N) is 5. The smallest absolute Gasteiger partial charge is 0.241 e. The van der Waals surface area contributed by atoms with Gasteiger partial charge in [-0.15, -0.1) is 0 Å². The first kappa shape index (κ1) is 10.8. The second-order valence-electron chi connectivity index (χ2n) is 3.46. The molecule has 0 amide bonds. The molecule has 18 heavy (non-hydrogen) atoms. The number of hydrogen-bond donors (Lipinski definition) is 2. The van der Waals surface area contributed by atoms with Crippen LogP contribution in [-0.4, -0.2) is 38.1 Å². The molecule has 10 heteroatoms. The number of aromatic nitrogens is 6. The van der Waals surface area contributed by atoms with E-state index < -0.39 is 10.0 Å². The molecule has 3 heterocycles. The summed E-state index contributed by atoms with van der Waals surface area (Å²) in [6.07, 6.45) is 5.21. The number of primary sulfonamides is 1. The van der Waals surface area contributed by atoms with Crippen LogP contribution in [0.1, 0.15) is 0 Å². The van der Waals surface area contributed by atoms with Crippen LogP contribution in [-0.2, 0) is 10.0 Å². The fourth-order valence-electron chi connectivity index (χ4n) is 1.50. The predicted octanol–water partition coefficient (Wildman–Crippen LogP) is -0.814. The van der Waals surface area contributed by atoms with Crippen LogP contribution in [0.25, 0.3) is 17.0 Å². The first-order chi connectivity index (χ1) is 8.55. The van der Waals surface area contributed by atoms with E-state index in [2.05, 4.69) is 25.0 Å². The van der Waals surface area contributed by atoms with Crippen LogP contribution in [0.2, 0.25) is 0 Å². The molecule has 0 aliphatic heterocycles. The van der Waals surface area contributed by atoms with Gasteiger partial charge in [-0.25, -0.2) is 33.2 Å². The molecule has 0 saturated heterocycles. The number of sulfonamides is 1.